The van der Waals surface area contributed by atoms with Crippen LogP contribution in [-0.2, 0) is 6.54 Å². The van der Waals surface area contributed by atoms with Crippen LogP contribution in [0.5, 0.6) is 0 Å². The molecule has 3 aromatic rings. The lowest BCUT2D eigenvalue weighted by molar-refractivity contribution is 0.0949. The zero-order valence-corrected chi connectivity index (χ0v) is 12.1. The van der Waals surface area contributed by atoms with Crippen LogP contribution in [0.2, 0.25) is 5.02 Å². The minimum atomic E-state index is -0.250. The second-order valence-corrected chi connectivity index (χ2v) is 5.49. The highest BCUT2D eigenvalue weighted by Gasteiger charge is 2.15. The van der Waals surface area contributed by atoms with Crippen LogP contribution in [-0.4, -0.2) is 25.7 Å². The maximum Gasteiger partial charge on any atom is 0.282 e. The van der Waals surface area contributed by atoms with Gasteiger partial charge in [0.2, 0.25) is 9.97 Å². The molecule has 1 aromatic carbocycles. The van der Waals surface area contributed by atoms with Gasteiger partial charge in [-0.15, -0.1) is 15.3 Å². The Bertz CT molecular complexity index is 781. The Hall–Kier alpha value is -1.99. The topological polar surface area (TPSA) is 72.2 Å². The van der Waals surface area contributed by atoms with E-state index in [1.807, 2.05) is 18.2 Å². The van der Waals surface area contributed by atoms with Gasteiger partial charge >= 0.3 is 0 Å². The Morgan fingerprint density at radius 1 is 1.40 bits per heavy atom. The number of rotatable bonds is 3. The summed E-state index contributed by atoms with van der Waals surface area (Å²) in [5.41, 5.74) is 0.863. The normalized spacial score (nSPS) is 10.9. The molecule has 3 rings (SSSR count). The zero-order valence-electron chi connectivity index (χ0n) is 10.5. The van der Waals surface area contributed by atoms with Crippen molar-refractivity contribution in [2.24, 2.45) is 0 Å². The van der Waals surface area contributed by atoms with E-state index in [1.165, 1.54) is 11.3 Å². The molecule has 0 saturated heterocycles. The van der Waals surface area contributed by atoms with Crippen LogP contribution in [0.15, 0.2) is 24.3 Å². The average molecular weight is 308 g/mol. The number of halogens is 1. The van der Waals surface area contributed by atoms with Crippen LogP contribution in [0.1, 0.15) is 21.2 Å². The summed E-state index contributed by atoms with van der Waals surface area (Å²) in [4.78, 5) is 12.6. The summed E-state index contributed by atoms with van der Waals surface area (Å²) in [6.45, 7) is 2.14. The molecule has 0 saturated carbocycles. The third-order valence-electron chi connectivity index (χ3n) is 2.74. The number of hydrogen-bond donors (Lipinski definition) is 1. The van der Waals surface area contributed by atoms with Gasteiger partial charge in [0.25, 0.3) is 5.91 Å². The first-order valence-electron chi connectivity index (χ1n) is 5.85. The molecule has 0 unspecified atom stereocenters. The first-order valence-corrected chi connectivity index (χ1v) is 7.05. The molecule has 1 N–H and O–H groups in total. The van der Waals surface area contributed by atoms with Crippen molar-refractivity contribution < 1.29 is 4.79 Å². The number of carbonyl (C=O) groups is 1. The Labute approximate surface area is 123 Å². The van der Waals surface area contributed by atoms with Crippen LogP contribution in [0, 0.1) is 6.92 Å². The predicted octanol–water partition coefficient (Wildman–Crippen LogP) is 2.08. The van der Waals surface area contributed by atoms with Gasteiger partial charge in [0.05, 0.1) is 0 Å². The molecule has 0 radical (unpaired) electrons. The lowest BCUT2D eigenvalue weighted by Gasteiger charge is -2.04. The van der Waals surface area contributed by atoms with Gasteiger partial charge in [0.1, 0.15) is 0 Å². The van der Waals surface area contributed by atoms with Crippen LogP contribution in [0.4, 0.5) is 0 Å². The van der Waals surface area contributed by atoms with Crippen LogP contribution in [0.25, 0.3) is 4.96 Å². The molecule has 6 nitrogen and oxygen atoms in total. The summed E-state index contributed by atoms with van der Waals surface area (Å²) in [6.07, 6.45) is 0. The van der Waals surface area contributed by atoms with E-state index in [0.717, 1.165) is 5.56 Å². The van der Waals surface area contributed by atoms with Crippen molar-refractivity contribution in [3.8, 4) is 0 Å². The van der Waals surface area contributed by atoms with Gasteiger partial charge < -0.3 is 5.32 Å². The number of carbonyl (C=O) groups excluding carboxylic acids is 1. The molecule has 102 valence electrons. The van der Waals surface area contributed by atoms with Gasteiger partial charge in [-0.25, -0.2) is 0 Å². The minimum Gasteiger partial charge on any atom is -0.346 e. The van der Waals surface area contributed by atoms with Gasteiger partial charge in [-0.2, -0.15) is 4.52 Å². The maximum atomic E-state index is 12.0. The fraction of sp³-hybridized carbons (Fsp3) is 0.167. The highest BCUT2D eigenvalue weighted by molar-refractivity contribution is 7.18. The molecule has 0 fully saturated rings. The smallest absolute Gasteiger partial charge is 0.282 e. The predicted molar refractivity (Wildman–Crippen MR) is 76.0 cm³/mol. The number of fused-ring (bicyclic) bond motifs is 1. The monoisotopic (exact) mass is 307 g/mol. The molecule has 0 aliphatic carbocycles. The second-order valence-electron chi connectivity index (χ2n) is 4.12. The summed E-state index contributed by atoms with van der Waals surface area (Å²) in [6, 6.07) is 7.38. The molecule has 8 heteroatoms. The number of nitrogens with one attached hydrogen (secondary N) is 1. The SMILES string of the molecule is Cc1nnc2sc(C(=O)NCc3ccccc3Cl)nn12. The van der Waals surface area contributed by atoms with Crippen molar-refractivity contribution in [1.29, 1.82) is 0 Å². The van der Waals surface area contributed by atoms with E-state index < -0.39 is 0 Å². The highest BCUT2D eigenvalue weighted by atomic mass is 35.5. The van der Waals surface area contributed by atoms with Gasteiger partial charge in [-0.05, 0) is 18.6 Å². The first-order chi connectivity index (χ1) is 9.65. The van der Waals surface area contributed by atoms with Crippen LogP contribution < -0.4 is 5.32 Å². The van der Waals surface area contributed by atoms with Crippen molar-refractivity contribution in [3.05, 3.63) is 45.7 Å². The number of aryl methyl sites for hydroxylation is 1. The average Bonchev–Trinajstić information content (AvgIpc) is 3.00. The van der Waals surface area contributed by atoms with Crippen LogP contribution in [0.3, 0.4) is 0 Å². The van der Waals surface area contributed by atoms with Crippen LogP contribution >= 0.6 is 22.9 Å². The standard InChI is InChI=1S/C12H10ClN5OS/c1-7-15-16-12-18(7)17-11(20-12)10(19)14-6-8-4-2-3-5-9(8)13/h2-5H,6H2,1H3,(H,14,19). The van der Waals surface area contributed by atoms with E-state index >= 15 is 0 Å². The third-order valence-corrected chi connectivity index (χ3v) is 4.00. The van der Waals surface area contributed by atoms with E-state index in [0.29, 0.717) is 27.4 Å². The molecule has 0 atom stereocenters. The van der Waals surface area contributed by atoms with Gasteiger partial charge in [0.15, 0.2) is 5.82 Å². The summed E-state index contributed by atoms with van der Waals surface area (Å²) < 4.78 is 1.55. The van der Waals surface area contributed by atoms with Crippen molar-refractivity contribution in [2.75, 3.05) is 0 Å². The van der Waals surface area contributed by atoms with Crippen molar-refractivity contribution in [2.45, 2.75) is 13.5 Å². The number of amides is 1. The van der Waals surface area contributed by atoms with E-state index in [4.69, 9.17) is 11.6 Å². The minimum absolute atomic E-state index is 0.250. The molecule has 0 bridgehead atoms. The summed E-state index contributed by atoms with van der Waals surface area (Å²) in [5, 5.41) is 15.7. The molecule has 1 amide bonds. The lowest BCUT2D eigenvalue weighted by Crippen LogP contribution is -2.23. The molecular formula is C12H10ClN5OS. The fourth-order valence-corrected chi connectivity index (χ4v) is 2.70. The Kier molecular flexibility index (Phi) is 3.37. The fourth-order valence-electron chi connectivity index (χ4n) is 1.70. The zero-order chi connectivity index (χ0) is 14.1. The molecular weight excluding hydrogens is 298 g/mol. The van der Waals surface area contributed by atoms with Gasteiger partial charge in [-0.3, -0.25) is 4.79 Å². The molecule has 0 spiro atoms. The lowest BCUT2D eigenvalue weighted by atomic mass is 10.2. The first kappa shape index (κ1) is 13.0. The largest absolute Gasteiger partial charge is 0.346 e. The Morgan fingerprint density at radius 3 is 2.95 bits per heavy atom. The number of benzene rings is 1. The molecule has 0 aliphatic heterocycles. The van der Waals surface area contributed by atoms with E-state index in [2.05, 4.69) is 20.6 Å². The van der Waals surface area contributed by atoms with E-state index in [1.54, 1.807) is 17.5 Å². The Morgan fingerprint density at radius 2 is 2.20 bits per heavy atom. The van der Waals surface area contributed by atoms with Gasteiger partial charge in [0, 0.05) is 11.6 Å². The van der Waals surface area contributed by atoms with E-state index in [-0.39, 0.29) is 5.91 Å². The molecule has 20 heavy (non-hydrogen) atoms. The number of aromatic nitrogens is 4. The van der Waals surface area contributed by atoms with Crippen molar-refractivity contribution in [3.63, 3.8) is 0 Å². The van der Waals surface area contributed by atoms with E-state index in [9.17, 15) is 4.79 Å². The van der Waals surface area contributed by atoms with Crippen molar-refractivity contribution in [1.82, 2.24) is 25.1 Å². The third kappa shape index (κ3) is 2.37. The molecule has 2 heterocycles. The second kappa shape index (κ2) is 5.18. The molecule has 0 aliphatic rings. The van der Waals surface area contributed by atoms with Crippen molar-refractivity contribution >= 4 is 33.8 Å². The summed E-state index contributed by atoms with van der Waals surface area (Å²) >= 11 is 7.23. The number of hydrogen-bond acceptors (Lipinski definition) is 5. The maximum absolute atomic E-state index is 12.0. The highest BCUT2D eigenvalue weighted by Crippen LogP contribution is 2.16. The summed E-state index contributed by atoms with van der Waals surface area (Å²) in [5.74, 6) is 0.404. The molecule has 2 aromatic heterocycles. The number of nitrogens with zero attached hydrogens (tertiary/aromatic N) is 4. The summed E-state index contributed by atoms with van der Waals surface area (Å²) in [7, 11) is 0. The quantitative estimate of drug-likeness (QED) is 0.804. The van der Waals surface area contributed by atoms with Gasteiger partial charge in [-0.1, -0.05) is 41.1 Å². The Balaban J connectivity index is 1.74.